The van der Waals surface area contributed by atoms with Crippen molar-refractivity contribution in [2.45, 2.75) is 104 Å². The molecule has 0 radical (unpaired) electrons. The summed E-state index contributed by atoms with van der Waals surface area (Å²) in [6.07, 6.45) is 11.2. The average Bonchev–Trinajstić information content (AvgIpc) is 2.74. The molecule has 6 heteroatoms. The van der Waals surface area contributed by atoms with Crippen LogP contribution in [0.25, 0.3) is 0 Å². The summed E-state index contributed by atoms with van der Waals surface area (Å²) in [6, 6.07) is 8.70. The maximum Gasteiger partial charge on any atom is 0.302 e. The Labute approximate surface area is 199 Å². The van der Waals surface area contributed by atoms with Crippen LogP contribution in [0.15, 0.2) is 24.3 Å². The molecule has 0 aliphatic heterocycles. The molecule has 0 fully saturated rings. The quantitative estimate of drug-likeness (QED) is 0.251. The number of benzene rings is 1. The van der Waals surface area contributed by atoms with Gasteiger partial charge < -0.3 is 14.8 Å². The molecule has 1 amide bonds. The number of carbonyl (C=O) groups excluding carboxylic acids is 3. The van der Waals surface area contributed by atoms with Crippen LogP contribution in [0, 0.1) is 0 Å². The summed E-state index contributed by atoms with van der Waals surface area (Å²) >= 11 is 0. The van der Waals surface area contributed by atoms with E-state index in [2.05, 4.69) is 36.5 Å². The topological polar surface area (TPSA) is 81.7 Å². The molecule has 0 bridgehead atoms. The Morgan fingerprint density at radius 1 is 0.727 bits per heavy atom. The van der Waals surface area contributed by atoms with E-state index >= 15 is 0 Å². The van der Waals surface area contributed by atoms with Gasteiger partial charge in [-0.2, -0.15) is 0 Å². The molecule has 0 aromatic heterocycles. The average molecular weight is 462 g/mol. The van der Waals surface area contributed by atoms with Crippen LogP contribution >= 0.6 is 0 Å². The first-order chi connectivity index (χ1) is 15.8. The van der Waals surface area contributed by atoms with E-state index in [1.54, 1.807) is 0 Å². The number of unbranched alkanes of at least 4 members (excludes halogenated alkanes) is 5. The molecule has 33 heavy (non-hydrogen) atoms. The zero-order valence-electron chi connectivity index (χ0n) is 21.0. The maximum atomic E-state index is 12.0. The number of aryl methyl sites for hydroxylation is 2. The standard InChI is InChI=1S/C27H43NO5/c1-5-6-7-8-9-10-11-25-12-14-26(15-13-25)16-17-27(28-22(2)29,18-20-32-23(3)30)19-21-33-24(4)31/h12-15H,5-11,16-21H2,1-4H3,(H,28,29). The number of hydrogen-bond acceptors (Lipinski definition) is 5. The SMILES string of the molecule is CCCCCCCCc1ccc(CCC(CCOC(C)=O)(CCOC(C)=O)NC(C)=O)cc1. The second kappa shape index (κ2) is 16.3. The molecule has 0 heterocycles. The van der Waals surface area contributed by atoms with Gasteiger partial charge in [0.25, 0.3) is 0 Å². The summed E-state index contributed by atoms with van der Waals surface area (Å²) in [5, 5.41) is 3.05. The molecule has 0 spiro atoms. The fourth-order valence-electron chi connectivity index (χ4n) is 4.08. The first kappa shape index (κ1) is 28.7. The van der Waals surface area contributed by atoms with E-state index in [-0.39, 0.29) is 31.1 Å². The third-order valence-electron chi connectivity index (χ3n) is 5.95. The summed E-state index contributed by atoms with van der Waals surface area (Å²) < 4.78 is 10.3. The van der Waals surface area contributed by atoms with Crippen molar-refractivity contribution in [3.05, 3.63) is 35.4 Å². The highest BCUT2D eigenvalue weighted by Crippen LogP contribution is 2.24. The lowest BCUT2D eigenvalue weighted by Crippen LogP contribution is -2.49. The third kappa shape index (κ3) is 13.7. The summed E-state index contributed by atoms with van der Waals surface area (Å²) in [6.45, 7) is 6.85. The van der Waals surface area contributed by atoms with Crippen LogP contribution in [-0.2, 0) is 36.7 Å². The molecule has 6 nitrogen and oxygen atoms in total. The second-order valence-electron chi connectivity index (χ2n) is 8.98. The van der Waals surface area contributed by atoms with Crippen LogP contribution in [0.5, 0.6) is 0 Å². The van der Waals surface area contributed by atoms with Gasteiger partial charge in [-0.25, -0.2) is 0 Å². The van der Waals surface area contributed by atoms with Gasteiger partial charge in [-0.3, -0.25) is 14.4 Å². The van der Waals surface area contributed by atoms with E-state index in [1.807, 2.05) is 0 Å². The van der Waals surface area contributed by atoms with E-state index in [0.717, 1.165) is 12.8 Å². The molecule has 186 valence electrons. The van der Waals surface area contributed by atoms with Crippen molar-refractivity contribution in [3.63, 3.8) is 0 Å². The summed E-state index contributed by atoms with van der Waals surface area (Å²) in [5.41, 5.74) is 1.93. The monoisotopic (exact) mass is 461 g/mol. The Hall–Kier alpha value is -2.37. The van der Waals surface area contributed by atoms with Crippen LogP contribution in [-0.4, -0.2) is 36.6 Å². The fourth-order valence-corrected chi connectivity index (χ4v) is 4.08. The Kier molecular flexibility index (Phi) is 14.1. The predicted molar refractivity (Wildman–Crippen MR) is 131 cm³/mol. The molecular formula is C27H43NO5. The molecule has 1 rings (SSSR count). The zero-order chi connectivity index (χ0) is 24.5. The van der Waals surface area contributed by atoms with Gasteiger partial charge in [0.15, 0.2) is 0 Å². The lowest BCUT2D eigenvalue weighted by molar-refractivity contribution is -0.141. The molecule has 0 saturated heterocycles. The Morgan fingerprint density at radius 3 is 1.70 bits per heavy atom. The first-order valence-corrected chi connectivity index (χ1v) is 12.4. The minimum Gasteiger partial charge on any atom is -0.466 e. The molecule has 1 aromatic carbocycles. The molecule has 0 unspecified atom stereocenters. The molecule has 0 saturated carbocycles. The predicted octanol–water partition coefficient (Wildman–Crippen LogP) is 5.30. The highest BCUT2D eigenvalue weighted by Gasteiger charge is 2.31. The summed E-state index contributed by atoms with van der Waals surface area (Å²) in [5.74, 6) is -0.865. The van der Waals surface area contributed by atoms with Crippen molar-refractivity contribution in [2.75, 3.05) is 13.2 Å². The lowest BCUT2D eigenvalue weighted by atomic mass is 9.85. The zero-order valence-corrected chi connectivity index (χ0v) is 21.0. The Bertz CT molecular complexity index is 694. The number of nitrogens with one attached hydrogen (secondary N) is 1. The first-order valence-electron chi connectivity index (χ1n) is 12.4. The van der Waals surface area contributed by atoms with Gasteiger partial charge in [-0.05, 0) is 36.8 Å². The normalized spacial score (nSPS) is 11.2. The lowest BCUT2D eigenvalue weighted by Gasteiger charge is -2.34. The van der Waals surface area contributed by atoms with E-state index in [0.29, 0.717) is 19.3 Å². The number of amides is 1. The van der Waals surface area contributed by atoms with E-state index in [4.69, 9.17) is 9.47 Å². The van der Waals surface area contributed by atoms with Gasteiger partial charge >= 0.3 is 11.9 Å². The van der Waals surface area contributed by atoms with Gasteiger partial charge in [0, 0.05) is 39.2 Å². The van der Waals surface area contributed by atoms with Crippen molar-refractivity contribution in [2.24, 2.45) is 0 Å². The van der Waals surface area contributed by atoms with Crippen LogP contribution in [0.1, 0.15) is 96.6 Å². The van der Waals surface area contributed by atoms with Crippen molar-refractivity contribution in [1.82, 2.24) is 5.32 Å². The largest absolute Gasteiger partial charge is 0.466 e. The molecule has 0 aliphatic rings. The molecule has 0 atom stereocenters. The van der Waals surface area contributed by atoms with Gasteiger partial charge in [0.1, 0.15) is 0 Å². The number of carbonyl (C=O) groups is 3. The Balaban J connectivity index is 2.71. The molecule has 1 N–H and O–H groups in total. The minimum atomic E-state index is -0.617. The van der Waals surface area contributed by atoms with E-state index in [9.17, 15) is 14.4 Å². The molecule has 0 aliphatic carbocycles. The van der Waals surface area contributed by atoms with Crippen molar-refractivity contribution in [1.29, 1.82) is 0 Å². The smallest absolute Gasteiger partial charge is 0.302 e. The van der Waals surface area contributed by atoms with E-state index < -0.39 is 5.54 Å². The minimum absolute atomic E-state index is 0.157. The molecule has 1 aromatic rings. The highest BCUT2D eigenvalue weighted by molar-refractivity contribution is 5.74. The van der Waals surface area contributed by atoms with Gasteiger partial charge in [-0.15, -0.1) is 0 Å². The molecular weight excluding hydrogens is 418 g/mol. The Morgan fingerprint density at radius 2 is 1.21 bits per heavy atom. The van der Waals surface area contributed by atoms with Crippen LogP contribution in [0.3, 0.4) is 0 Å². The van der Waals surface area contributed by atoms with E-state index in [1.165, 1.54) is 70.4 Å². The summed E-state index contributed by atoms with van der Waals surface area (Å²) in [4.78, 5) is 34.4. The highest BCUT2D eigenvalue weighted by atomic mass is 16.5. The number of esters is 2. The summed E-state index contributed by atoms with van der Waals surface area (Å²) in [7, 11) is 0. The van der Waals surface area contributed by atoms with Crippen LogP contribution < -0.4 is 5.32 Å². The van der Waals surface area contributed by atoms with Crippen molar-refractivity contribution in [3.8, 4) is 0 Å². The fraction of sp³-hybridized carbons (Fsp3) is 0.667. The van der Waals surface area contributed by atoms with Crippen LogP contribution in [0.2, 0.25) is 0 Å². The maximum absolute atomic E-state index is 12.0. The number of ether oxygens (including phenoxy) is 2. The van der Waals surface area contributed by atoms with Gasteiger partial charge in [-0.1, -0.05) is 63.3 Å². The van der Waals surface area contributed by atoms with Crippen molar-refractivity contribution < 1.29 is 23.9 Å². The number of hydrogen-bond donors (Lipinski definition) is 1. The van der Waals surface area contributed by atoms with Gasteiger partial charge in [0.05, 0.1) is 13.2 Å². The van der Waals surface area contributed by atoms with Crippen LogP contribution in [0.4, 0.5) is 0 Å². The third-order valence-corrected chi connectivity index (χ3v) is 5.95. The van der Waals surface area contributed by atoms with Gasteiger partial charge in [0.2, 0.25) is 5.91 Å². The number of rotatable bonds is 17. The second-order valence-corrected chi connectivity index (χ2v) is 8.98. The van der Waals surface area contributed by atoms with Crippen molar-refractivity contribution >= 4 is 17.8 Å².